The standard InChI is InChI=1S/C10H10ClNO4/c1-16-10(13)9(11)6-7-2-4-8(5-3-7)12(14)15/h2-5,9H,6H2,1H3/t9-/m1/s1. The minimum Gasteiger partial charge on any atom is -0.468 e. The van der Waals surface area contributed by atoms with Crippen molar-refractivity contribution in [3.8, 4) is 0 Å². The predicted octanol–water partition coefficient (Wildman–Crippen LogP) is 1.92. The average molecular weight is 244 g/mol. The highest BCUT2D eigenvalue weighted by molar-refractivity contribution is 6.30. The summed E-state index contributed by atoms with van der Waals surface area (Å²) in [5.74, 6) is -0.514. The minimum absolute atomic E-state index is 0.00735. The molecule has 0 aliphatic carbocycles. The largest absolute Gasteiger partial charge is 0.468 e. The molecule has 5 nitrogen and oxygen atoms in total. The number of halogens is 1. The second-order valence-corrected chi connectivity index (χ2v) is 3.65. The molecule has 0 bridgehead atoms. The SMILES string of the molecule is COC(=O)[C@H](Cl)Cc1ccc([N+](=O)[O-])cc1. The molecule has 86 valence electrons. The summed E-state index contributed by atoms with van der Waals surface area (Å²) < 4.78 is 4.47. The van der Waals surface area contributed by atoms with E-state index >= 15 is 0 Å². The summed E-state index contributed by atoms with van der Waals surface area (Å²) in [6, 6.07) is 5.87. The number of esters is 1. The van der Waals surface area contributed by atoms with Crippen molar-refractivity contribution in [2.75, 3.05) is 7.11 Å². The maximum Gasteiger partial charge on any atom is 0.324 e. The number of nitrogens with zero attached hydrogens (tertiary/aromatic N) is 1. The quantitative estimate of drug-likeness (QED) is 0.351. The normalized spacial score (nSPS) is 11.9. The van der Waals surface area contributed by atoms with Gasteiger partial charge >= 0.3 is 5.97 Å². The van der Waals surface area contributed by atoms with Crippen molar-refractivity contribution in [1.82, 2.24) is 0 Å². The van der Waals surface area contributed by atoms with Gasteiger partial charge in [-0.25, -0.2) is 0 Å². The monoisotopic (exact) mass is 243 g/mol. The van der Waals surface area contributed by atoms with E-state index in [0.717, 1.165) is 5.56 Å². The van der Waals surface area contributed by atoms with E-state index in [4.69, 9.17) is 11.6 Å². The molecule has 0 N–H and O–H groups in total. The fourth-order valence-corrected chi connectivity index (χ4v) is 1.44. The third-order valence-electron chi connectivity index (χ3n) is 2.02. The first-order valence-corrected chi connectivity index (χ1v) is 4.93. The summed E-state index contributed by atoms with van der Waals surface area (Å²) >= 11 is 5.76. The van der Waals surface area contributed by atoms with Crippen LogP contribution in [0.4, 0.5) is 5.69 Å². The second-order valence-electron chi connectivity index (χ2n) is 3.12. The van der Waals surface area contributed by atoms with Crippen LogP contribution >= 0.6 is 11.6 Å². The Morgan fingerprint density at radius 3 is 2.50 bits per heavy atom. The van der Waals surface area contributed by atoms with Gasteiger partial charge in [0.2, 0.25) is 0 Å². The smallest absolute Gasteiger partial charge is 0.324 e. The molecule has 0 aliphatic heterocycles. The van der Waals surface area contributed by atoms with Crippen molar-refractivity contribution in [2.45, 2.75) is 11.8 Å². The fraction of sp³-hybridized carbons (Fsp3) is 0.300. The lowest BCUT2D eigenvalue weighted by Crippen LogP contribution is -2.18. The summed E-state index contributed by atoms with van der Waals surface area (Å²) in [4.78, 5) is 20.9. The Bertz CT molecular complexity index is 390. The molecule has 0 amide bonds. The van der Waals surface area contributed by atoms with Gasteiger partial charge < -0.3 is 4.74 Å². The van der Waals surface area contributed by atoms with E-state index in [0.29, 0.717) is 0 Å². The Morgan fingerprint density at radius 2 is 2.06 bits per heavy atom. The number of hydrogen-bond acceptors (Lipinski definition) is 4. The Balaban J connectivity index is 2.68. The van der Waals surface area contributed by atoms with E-state index in [1.54, 1.807) is 12.1 Å². The van der Waals surface area contributed by atoms with Gasteiger partial charge in [0.05, 0.1) is 12.0 Å². The van der Waals surface area contributed by atoms with Crippen LogP contribution in [0.25, 0.3) is 0 Å². The molecule has 1 aromatic rings. The number of rotatable bonds is 4. The average Bonchev–Trinajstić information content (AvgIpc) is 2.28. The van der Waals surface area contributed by atoms with Crippen LogP contribution in [0.3, 0.4) is 0 Å². The first-order chi connectivity index (χ1) is 7.54. The van der Waals surface area contributed by atoms with Crippen LogP contribution in [0, 0.1) is 10.1 Å². The van der Waals surface area contributed by atoms with E-state index < -0.39 is 16.3 Å². The maximum atomic E-state index is 11.0. The molecule has 0 saturated carbocycles. The minimum atomic E-state index is -0.772. The van der Waals surface area contributed by atoms with Crippen LogP contribution in [0.15, 0.2) is 24.3 Å². The fourth-order valence-electron chi connectivity index (χ4n) is 1.17. The third kappa shape index (κ3) is 3.20. The van der Waals surface area contributed by atoms with Crippen molar-refractivity contribution in [2.24, 2.45) is 0 Å². The molecule has 0 aliphatic rings. The van der Waals surface area contributed by atoms with Gasteiger partial charge in [0.1, 0.15) is 5.38 Å². The molecular formula is C10H10ClNO4. The Hall–Kier alpha value is -1.62. The molecule has 0 spiro atoms. The van der Waals surface area contributed by atoms with Crippen molar-refractivity contribution >= 4 is 23.3 Å². The van der Waals surface area contributed by atoms with Crippen LogP contribution < -0.4 is 0 Å². The molecule has 1 atom stereocenters. The van der Waals surface area contributed by atoms with Gasteiger partial charge in [0, 0.05) is 12.1 Å². The molecule has 0 radical (unpaired) electrons. The number of nitro groups is 1. The summed E-state index contributed by atoms with van der Waals surface area (Å²) in [5, 5.41) is 9.62. The van der Waals surface area contributed by atoms with Crippen LogP contribution in [-0.4, -0.2) is 23.4 Å². The van der Waals surface area contributed by atoms with Crippen LogP contribution in [0.5, 0.6) is 0 Å². The zero-order valence-electron chi connectivity index (χ0n) is 8.55. The molecular weight excluding hydrogens is 234 g/mol. The van der Waals surface area contributed by atoms with Gasteiger partial charge in [-0.1, -0.05) is 12.1 Å². The Morgan fingerprint density at radius 1 is 1.50 bits per heavy atom. The van der Waals surface area contributed by atoms with Gasteiger partial charge in [-0.3, -0.25) is 14.9 Å². The zero-order chi connectivity index (χ0) is 12.1. The molecule has 16 heavy (non-hydrogen) atoms. The summed E-state index contributed by atoms with van der Waals surface area (Å²) in [5.41, 5.74) is 0.754. The lowest BCUT2D eigenvalue weighted by molar-refractivity contribution is -0.384. The third-order valence-corrected chi connectivity index (χ3v) is 2.35. The van der Waals surface area contributed by atoms with Crippen LogP contribution in [-0.2, 0) is 16.0 Å². The number of hydrogen-bond donors (Lipinski definition) is 0. The highest BCUT2D eigenvalue weighted by Gasteiger charge is 2.16. The lowest BCUT2D eigenvalue weighted by atomic mass is 10.1. The van der Waals surface area contributed by atoms with Crippen molar-refractivity contribution in [1.29, 1.82) is 0 Å². The number of nitro benzene ring substituents is 1. The lowest BCUT2D eigenvalue weighted by Gasteiger charge is -2.06. The molecule has 1 aromatic carbocycles. The van der Waals surface area contributed by atoms with Crippen molar-refractivity contribution < 1.29 is 14.5 Å². The number of non-ortho nitro benzene ring substituents is 1. The Kier molecular flexibility index (Phi) is 4.25. The summed E-state index contributed by atoms with van der Waals surface area (Å²) in [6.45, 7) is 0. The zero-order valence-corrected chi connectivity index (χ0v) is 9.31. The van der Waals surface area contributed by atoms with Gasteiger partial charge in [-0.15, -0.1) is 11.6 Å². The van der Waals surface area contributed by atoms with E-state index in [9.17, 15) is 14.9 Å². The van der Waals surface area contributed by atoms with Gasteiger partial charge in [-0.05, 0) is 12.0 Å². The van der Waals surface area contributed by atoms with Crippen molar-refractivity contribution in [3.63, 3.8) is 0 Å². The second kappa shape index (κ2) is 5.46. The predicted molar refractivity (Wildman–Crippen MR) is 58.5 cm³/mol. The Labute approximate surface area is 97.1 Å². The number of methoxy groups -OCH3 is 1. The first kappa shape index (κ1) is 12.4. The molecule has 0 aromatic heterocycles. The molecule has 6 heteroatoms. The molecule has 0 unspecified atom stereocenters. The van der Waals surface area contributed by atoms with E-state index in [1.807, 2.05) is 0 Å². The maximum absolute atomic E-state index is 11.0. The summed E-state index contributed by atoms with van der Waals surface area (Å²) in [6.07, 6.45) is 0.284. The van der Waals surface area contributed by atoms with Gasteiger partial charge in [-0.2, -0.15) is 0 Å². The highest BCUT2D eigenvalue weighted by Crippen LogP contribution is 2.15. The number of carbonyl (C=O) groups excluding carboxylic acids is 1. The summed E-state index contributed by atoms with van der Waals surface area (Å²) in [7, 11) is 1.26. The topological polar surface area (TPSA) is 69.4 Å². The van der Waals surface area contributed by atoms with E-state index in [2.05, 4.69) is 4.74 Å². The number of alkyl halides is 1. The van der Waals surface area contributed by atoms with Crippen LogP contribution in [0.2, 0.25) is 0 Å². The van der Waals surface area contributed by atoms with Crippen LogP contribution in [0.1, 0.15) is 5.56 Å². The molecule has 1 rings (SSSR count). The van der Waals surface area contributed by atoms with Crippen molar-refractivity contribution in [3.05, 3.63) is 39.9 Å². The highest BCUT2D eigenvalue weighted by atomic mass is 35.5. The first-order valence-electron chi connectivity index (χ1n) is 4.50. The van der Waals surface area contributed by atoms with E-state index in [1.165, 1.54) is 19.2 Å². The van der Waals surface area contributed by atoms with Gasteiger partial charge in [0.15, 0.2) is 0 Å². The molecule has 0 fully saturated rings. The van der Waals surface area contributed by atoms with E-state index in [-0.39, 0.29) is 12.1 Å². The number of benzene rings is 1. The molecule has 0 heterocycles. The number of ether oxygens (including phenoxy) is 1. The number of carbonyl (C=O) groups is 1. The molecule has 0 saturated heterocycles. The van der Waals surface area contributed by atoms with Gasteiger partial charge in [0.25, 0.3) is 5.69 Å².